The van der Waals surface area contributed by atoms with Crippen molar-refractivity contribution in [1.29, 1.82) is 0 Å². The highest BCUT2D eigenvalue weighted by atomic mass is 16.3. The third kappa shape index (κ3) is 3.58. The lowest BCUT2D eigenvalue weighted by Gasteiger charge is -2.15. The van der Waals surface area contributed by atoms with Crippen LogP contribution in [-0.4, -0.2) is 23.5 Å². The van der Waals surface area contributed by atoms with Gasteiger partial charge in [0.2, 0.25) is 0 Å². The molecule has 60 valence electrons. The summed E-state index contributed by atoms with van der Waals surface area (Å²) in [6.07, 6.45) is -0.0948. The first-order valence-electron chi connectivity index (χ1n) is 3.45. The first-order valence-corrected chi connectivity index (χ1v) is 3.45. The van der Waals surface area contributed by atoms with Crippen molar-refractivity contribution in [3.05, 3.63) is 0 Å². The molecule has 10 heavy (non-hydrogen) atoms. The topological polar surface area (TPSA) is 63.3 Å². The summed E-state index contributed by atoms with van der Waals surface area (Å²) in [4.78, 5) is 10.6. The lowest BCUT2D eigenvalue weighted by atomic mass is 9.98. The second-order valence-corrected chi connectivity index (χ2v) is 2.64. The third-order valence-electron chi connectivity index (χ3n) is 1.53. The first-order chi connectivity index (χ1) is 4.57. The predicted molar refractivity (Wildman–Crippen MR) is 39.5 cm³/mol. The van der Waals surface area contributed by atoms with Gasteiger partial charge in [0.1, 0.15) is 5.78 Å². The summed E-state index contributed by atoms with van der Waals surface area (Å²) in [5, 5.41) is 9.03. The standard InChI is InChI=1S/C7H15NO2/c1-5(9)3-7(4-8)6(2)10/h6-7,10H,3-4,8H2,1-2H3/t6-,7?/m0/s1. The number of aliphatic hydroxyl groups excluding tert-OH is 1. The van der Waals surface area contributed by atoms with Crippen molar-refractivity contribution in [3.63, 3.8) is 0 Å². The second-order valence-electron chi connectivity index (χ2n) is 2.64. The van der Waals surface area contributed by atoms with E-state index >= 15 is 0 Å². The maximum Gasteiger partial charge on any atom is 0.130 e. The van der Waals surface area contributed by atoms with Crippen molar-refractivity contribution in [2.75, 3.05) is 6.54 Å². The highest BCUT2D eigenvalue weighted by Gasteiger charge is 2.14. The monoisotopic (exact) mass is 145 g/mol. The van der Waals surface area contributed by atoms with Crippen molar-refractivity contribution in [3.8, 4) is 0 Å². The molecule has 0 aliphatic heterocycles. The van der Waals surface area contributed by atoms with Gasteiger partial charge in [0.05, 0.1) is 6.10 Å². The van der Waals surface area contributed by atoms with Crippen molar-refractivity contribution >= 4 is 5.78 Å². The highest BCUT2D eigenvalue weighted by Crippen LogP contribution is 2.06. The number of carbonyl (C=O) groups excluding carboxylic acids is 1. The number of hydrogen-bond acceptors (Lipinski definition) is 3. The van der Waals surface area contributed by atoms with E-state index in [0.29, 0.717) is 13.0 Å². The number of nitrogens with two attached hydrogens (primary N) is 1. The van der Waals surface area contributed by atoms with E-state index in [2.05, 4.69) is 0 Å². The van der Waals surface area contributed by atoms with Crippen molar-refractivity contribution < 1.29 is 9.90 Å². The number of carbonyl (C=O) groups is 1. The molecule has 3 nitrogen and oxygen atoms in total. The van der Waals surface area contributed by atoms with E-state index < -0.39 is 6.10 Å². The SMILES string of the molecule is CC(=O)CC(CN)[C@H](C)O. The molecular weight excluding hydrogens is 130 g/mol. The Morgan fingerprint density at radius 1 is 1.70 bits per heavy atom. The molecule has 0 bridgehead atoms. The van der Waals surface area contributed by atoms with Gasteiger partial charge in [0, 0.05) is 12.3 Å². The Morgan fingerprint density at radius 3 is 2.30 bits per heavy atom. The molecule has 0 saturated heterocycles. The van der Waals surface area contributed by atoms with E-state index in [9.17, 15) is 4.79 Å². The van der Waals surface area contributed by atoms with Crippen LogP contribution in [-0.2, 0) is 4.79 Å². The number of aliphatic hydroxyl groups is 1. The predicted octanol–water partition coefficient (Wildman–Crippen LogP) is -0.0788. The molecule has 0 aromatic heterocycles. The fraction of sp³-hybridized carbons (Fsp3) is 0.857. The summed E-state index contributed by atoms with van der Waals surface area (Å²) >= 11 is 0. The molecule has 0 fully saturated rings. The summed E-state index contributed by atoms with van der Waals surface area (Å²) in [5.74, 6) is 0.00819. The summed E-state index contributed by atoms with van der Waals surface area (Å²) in [5.41, 5.74) is 5.31. The van der Waals surface area contributed by atoms with Crippen molar-refractivity contribution in [2.45, 2.75) is 26.4 Å². The van der Waals surface area contributed by atoms with Crippen LogP contribution in [0.1, 0.15) is 20.3 Å². The minimum atomic E-state index is -0.478. The van der Waals surface area contributed by atoms with Crippen LogP contribution >= 0.6 is 0 Å². The van der Waals surface area contributed by atoms with Gasteiger partial charge in [-0.15, -0.1) is 0 Å². The largest absolute Gasteiger partial charge is 0.393 e. The van der Waals surface area contributed by atoms with Gasteiger partial charge < -0.3 is 15.6 Å². The normalized spacial score (nSPS) is 16.4. The van der Waals surface area contributed by atoms with Crippen LogP contribution in [0, 0.1) is 5.92 Å². The molecule has 0 aliphatic rings. The van der Waals surface area contributed by atoms with E-state index in [4.69, 9.17) is 10.8 Å². The Labute approximate surface area is 61.2 Å². The summed E-state index contributed by atoms with van der Waals surface area (Å²) in [7, 11) is 0. The molecule has 0 aliphatic carbocycles. The van der Waals surface area contributed by atoms with Crippen LogP contribution in [0.15, 0.2) is 0 Å². The van der Waals surface area contributed by atoms with Crippen LogP contribution in [0.25, 0.3) is 0 Å². The first kappa shape index (κ1) is 9.59. The van der Waals surface area contributed by atoms with Gasteiger partial charge in [-0.05, 0) is 20.4 Å². The molecular formula is C7H15NO2. The Hall–Kier alpha value is -0.410. The van der Waals surface area contributed by atoms with Gasteiger partial charge in [0.15, 0.2) is 0 Å². The smallest absolute Gasteiger partial charge is 0.130 e. The van der Waals surface area contributed by atoms with E-state index in [1.807, 2.05) is 0 Å². The minimum Gasteiger partial charge on any atom is -0.393 e. The summed E-state index contributed by atoms with van der Waals surface area (Å²) in [6, 6.07) is 0. The van der Waals surface area contributed by atoms with E-state index in [1.165, 1.54) is 6.92 Å². The van der Waals surface area contributed by atoms with Crippen LogP contribution in [0.2, 0.25) is 0 Å². The number of Topliss-reactive ketones (excluding diaryl/α,β-unsaturated/α-hetero) is 1. The maximum absolute atomic E-state index is 10.6. The molecule has 1 unspecified atom stereocenters. The zero-order chi connectivity index (χ0) is 8.15. The quantitative estimate of drug-likeness (QED) is 0.581. The van der Waals surface area contributed by atoms with E-state index in [-0.39, 0.29) is 11.7 Å². The fourth-order valence-electron chi connectivity index (χ4n) is 0.820. The zero-order valence-electron chi connectivity index (χ0n) is 6.50. The van der Waals surface area contributed by atoms with Crippen LogP contribution in [0.3, 0.4) is 0 Å². The Kier molecular flexibility index (Phi) is 4.23. The van der Waals surface area contributed by atoms with Gasteiger partial charge in [-0.25, -0.2) is 0 Å². The minimum absolute atomic E-state index is 0.0718. The molecule has 3 N–H and O–H groups in total. The second kappa shape index (κ2) is 4.41. The van der Waals surface area contributed by atoms with Gasteiger partial charge in [-0.3, -0.25) is 0 Å². The lowest BCUT2D eigenvalue weighted by Crippen LogP contribution is -2.27. The molecule has 3 heteroatoms. The molecule has 0 aromatic carbocycles. The van der Waals surface area contributed by atoms with Crippen LogP contribution in [0.4, 0.5) is 0 Å². The molecule has 2 atom stereocenters. The van der Waals surface area contributed by atoms with Crippen molar-refractivity contribution in [2.24, 2.45) is 11.7 Å². The molecule has 0 heterocycles. The molecule has 0 rings (SSSR count). The number of hydrogen-bond donors (Lipinski definition) is 2. The number of rotatable bonds is 4. The van der Waals surface area contributed by atoms with Crippen molar-refractivity contribution in [1.82, 2.24) is 0 Å². The van der Waals surface area contributed by atoms with Gasteiger partial charge in [-0.2, -0.15) is 0 Å². The van der Waals surface area contributed by atoms with Gasteiger partial charge in [0.25, 0.3) is 0 Å². The Bertz CT molecular complexity index is 112. The highest BCUT2D eigenvalue weighted by molar-refractivity contribution is 5.75. The molecule has 0 amide bonds. The Balaban J connectivity index is 3.71. The lowest BCUT2D eigenvalue weighted by molar-refractivity contribution is -0.118. The van der Waals surface area contributed by atoms with E-state index in [0.717, 1.165) is 0 Å². The fourth-order valence-corrected chi connectivity index (χ4v) is 0.820. The Morgan fingerprint density at radius 2 is 2.20 bits per heavy atom. The molecule has 0 aromatic rings. The average Bonchev–Trinajstić information content (AvgIpc) is 1.81. The van der Waals surface area contributed by atoms with Crippen LogP contribution in [0.5, 0.6) is 0 Å². The summed E-state index contributed by atoms with van der Waals surface area (Å²) < 4.78 is 0. The van der Waals surface area contributed by atoms with E-state index in [1.54, 1.807) is 6.92 Å². The summed E-state index contributed by atoms with van der Waals surface area (Å²) in [6.45, 7) is 3.53. The molecule has 0 saturated carbocycles. The zero-order valence-corrected chi connectivity index (χ0v) is 6.50. The third-order valence-corrected chi connectivity index (χ3v) is 1.53. The molecule has 0 spiro atoms. The molecule has 0 radical (unpaired) electrons. The van der Waals surface area contributed by atoms with Crippen LogP contribution < -0.4 is 5.73 Å². The van der Waals surface area contributed by atoms with Gasteiger partial charge >= 0.3 is 0 Å². The maximum atomic E-state index is 10.6. The number of ketones is 1. The van der Waals surface area contributed by atoms with Gasteiger partial charge in [-0.1, -0.05) is 0 Å². The average molecular weight is 145 g/mol.